The highest BCUT2D eigenvalue weighted by molar-refractivity contribution is 6.03. The van der Waals surface area contributed by atoms with Crippen molar-refractivity contribution in [3.05, 3.63) is 171 Å². The number of ether oxygens (including phenoxy) is 3. The number of oxime groups is 1. The lowest BCUT2D eigenvalue weighted by atomic mass is 9.55. The zero-order valence-corrected chi connectivity index (χ0v) is 39.8. The molecule has 360 valence electrons. The number of fused-ring (bicyclic) bond motifs is 3. The van der Waals surface area contributed by atoms with Crippen molar-refractivity contribution in [2.75, 3.05) is 26.4 Å². The van der Waals surface area contributed by atoms with Crippen LogP contribution in [-0.4, -0.2) is 69.9 Å². The summed E-state index contributed by atoms with van der Waals surface area (Å²) in [6.07, 6.45) is 11.9. The molecule has 6 atom stereocenters. The van der Waals surface area contributed by atoms with E-state index in [4.69, 9.17) is 24.2 Å². The van der Waals surface area contributed by atoms with Gasteiger partial charge in [0.05, 0.1) is 23.2 Å². The third kappa shape index (κ3) is 10.5. The lowest BCUT2D eigenvalue weighted by Gasteiger charge is -2.60. The van der Waals surface area contributed by atoms with Crippen molar-refractivity contribution in [2.24, 2.45) is 22.9 Å². The van der Waals surface area contributed by atoms with E-state index in [1.165, 1.54) is 23.8 Å². The molecule has 8 rings (SSSR count). The van der Waals surface area contributed by atoms with Gasteiger partial charge in [0.15, 0.2) is 0 Å². The Hall–Kier alpha value is -6.60. The van der Waals surface area contributed by atoms with E-state index in [1.807, 2.05) is 60.4 Å². The van der Waals surface area contributed by atoms with E-state index in [0.717, 1.165) is 64.5 Å². The smallest absolute Gasteiger partial charge is 0.269 e. The molecule has 1 amide bonds. The molecule has 12 nitrogen and oxygen atoms in total. The molecule has 0 radical (unpaired) electrons. The number of amides is 1. The van der Waals surface area contributed by atoms with Crippen molar-refractivity contribution in [1.29, 1.82) is 0 Å². The Morgan fingerprint density at radius 1 is 0.928 bits per heavy atom. The molecule has 0 unspecified atom stereocenters. The van der Waals surface area contributed by atoms with E-state index in [1.54, 1.807) is 24.3 Å². The summed E-state index contributed by atoms with van der Waals surface area (Å²) >= 11 is 0. The van der Waals surface area contributed by atoms with Gasteiger partial charge in [0, 0.05) is 55.9 Å². The monoisotopic (exact) mass is 933 g/mol. The van der Waals surface area contributed by atoms with Crippen molar-refractivity contribution in [2.45, 2.75) is 90.0 Å². The number of nitro groups is 1. The Morgan fingerprint density at radius 3 is 2.41 bits per heavy atom. The normalized spacial score (nSPS) is 22.1. The highest BCUT2D eigenvalue weighted by Crippen LogP contribution is 2.62. The van der Waals surface area contributed by atoms with Crippen LogP contribution in [0.3, 0.4) is 0 Å². The molecule has 1 heterocycles. The summed E-state index contributed by atoms with van der Waals surface area (Å²) in [5.74, 6) is -0.521. The number of non-ortho nitro benzene ring substituents is 1. The van der Waals surface area contributed by atoms with Crippen molar-refractivity contribution < 1.29 is 39.0 Å². The quantitative estimate of drug-likeness (QED) is 0.0241. The number of aryl methyl sites for hydroxylation is 2. The molecule has 1 fully saturated rings. The average molecular weight is 934 g/mol. The molecule has 0 saturated heterocycles. The Balaban J connectivity index is 1.35. The molecule has 1 saturated carbocycles. The van der Waals surface area contributed by atoms with Gasteiger partial charge in [-0.15, -0.1) is 6.58 Å². The van der Waals surface area contributed by atoms with Crippen LogP contribution in [0.1, 0.15) is 85.6 Å². The fourth-order valence-electron chi connectivity index (χ4n) is 10.7. The van der Waals surface area contributed by atoms with Crippen LogP contribution in [0.25, 0.3) is 16.8 Å². The van der Waals surface area contributed by atoms with Gasteiger partial charge in [-0.25, -0.2) is 0 Å². The maximum Gasteiger partial charge on any atom is 0.269 e. The topological polar surface area (TPSA) is 153 Å². The second-order valence-electron chi connectivity index (χ2n) is 18.3. The van der Waals surface area contributed by atoms with E-state index >= 15 is 4.79 Å². The van der Waals surface area contributed by atoms with E-state index in [9.17, 15) is 20.3 Å². The SMILES string of the molecule is C=CCO[C@@]12Oc3ccc(Oc4ccc(C)c(C)c4)cc3[C@H]3[C@H](CCCCO)[C@@H](CCCCO)C=C(C(=NOCC)C[C@@H]1N(Cc1cccc4ccccc14)C(=O)C=Cc1ccc([N+](=O)[O-])cc1)[C@H]32. The number of unbranched alkanes of at least 4 members (excludes halogenated alkanes) is 2. The molecule has 69 heavy (non-hydrogen) atoms. The number of nitro benzene ring substituents is 1. The Morgan fingerprint density at radius 2 is 1.67 bits per heavy atom. The van der Waals surface area contributed by atoms with Gasteiger partial charge < -0.3 is 34.2 Å². The fraction of sp³-hybridized carbons (Fsp3) is 0.368. The summed E-state index contributed by atoms with van der Waals surface area (Å²) in [5, 5.41) is 38.5. The molecule has 5 aromatic carbocycles. The summed E-state index contributed by atoms with van der Waals surface area (Å²) in [6.45, 7) is 10.9. The zero-order chi connectivity index (χ0) is 48.5. The van der Waals surface area contributed by atoms with Gasteiger partial charge in [0.2, 0.25) is 11.7 Å². The molecular weight excluding hydrogens is 871 g/mol. The van der Waals surface area contributed by atoms with Gasteiger partial charge >= 0.3 is 0 Å². The first-order valence-corrected chi connectivity index (χ1v) is 24.2. The fourth-order valence-corrected chi connectivity index (χ4v) is 10.7. The Labute approximate surface area is 404 Å². The van der Waals surface area contributed by atoms with Crippen LogP contribution < -0.4 is 9.47 Å². The predicted molar refractivity (Wildman–Crippen MR) is 269 cm³/mol. The number of aliphatic hydroxyl groups excluding tert-OH is 2. The van der Waals surface area contributed by atoms with Gasteiger partial charge in [0.25, 0.3) is 5.69 Å². The minimum atomic E-state index is -1.49. The summed E-state index contributed by atoms with van der Waals surface area (Å²) in [6, 6.07) is 31.5. The molecule has 3 aliphatic rings. The van der Waals surface area contributed by atoms with Crippen molar-refractivity contribution >= 4 is 34.2 Å². The van der Waals surface area contributed by atoms with Crippen molar-refractivity contribution in [3.8, 4) is 17.2 Å². The average Bonchev–Trinajstić information content (AvgIpc) is 3.36. The maximum atomic E-state index is 15.4. The molecule has 0 bridgehead atoms. The largest absolute Gasteiger partial charge is 0.459 e. The highest BCUT2D eigenvalue weighted by Gasteiger charge is 2.65. The highest BCUT2D eigenvalue weighted by atomic mass is 16.7. The van der Waals surface area contributed by atoms with Crippen LogP contribution in [0.15, 0.2) is 139 Å². The zero-order valence-electron chi connectivity index (χ0n) is 39.8. The van der Waals surface area contributed by atoms with E-state index in [-0.39, 0.29) is 62.1 Å². The molecule has 5 aromatic rings. The van der Waals surface area contributed by atoms with E-state index in [0.29, 0.717) is 42.2 Å². The maximum absolute atomic E-state index is 15.4. The van der Waals surface area contributed by atoms with Gasteiger partial charge in [-0.2, -0.15) is 0 Å². The molecule has 0 spiro atoms. The number of nitrogens with zero attached hydrogens (tertiary/aromatic N) is 3. The van der Waals surface area contributed by atoms with Crippen molar-refractivity contribution in [3.63, 3.8) is 0 Å². The number of benzene rings is 5. The van der Waals surface area contributed by atoms with Gasteiger partial charge in [-0.05, 0) is 145 Å². The lowest BCUT2D eigenvalue weighted by Crippen LogP contribution is -2.70. The summed E-state index contributed by atoms with van der Waals surface area (Å²) in [5.41, 5.74) is 6.37. The predicted octanol–water partition coefficient (Wildman–Crippen LogP) is 11.6. The second kappa shape index (κ2) is 22.2. The number of allylic oxidation sites excluding steroid dienone is 1. The van der Waals surface area contributed by atoms with Crippen LogP contribution in [0.5, 0.6) is 17.2 Å². The molecular formula is C57H63N3O9. The summed E-state index contributed by atoms with van der Waals surface area (Å²) in [4.78, 5) is 34.2. The van der Waals surface area contributed by atoms with Crippen LogP contribution >= 0.6 is 0 Å². The number of aliphatic hydroxyl groups is 2. The van der Waals surface area contributed by atoms with Crippen LogP contribution in [0.4, 0.5) is 5.69 Å². The Kier molecular flexibility index (Phi) is 15.7. The third-order valence-electron chi connectivity index (χ3n) is 14.1. The first-order valence-electron chi connectivity index (χ1n) is 24.2. The van der Waals surface area contributed by atoms with Gasteiger partial charge in [-0.3, -0.25) is 14.9 Å². The number of carbonyl (C=O) groups is 1. The minimum absolute atomic E-state index is 0.0200. The van der Waals surface area contributed by atoms with Gasteiger partial charge in [0.1, 0.15) is 29.9 Å². The van der Waals surface area contributed by atoms with Gasteiger partial charge in [-0.1, -0.05) is 78.7 Å². The minimum Gasteiger partial charge on any atom is -0.459 e. The molecule has 2 aliphatic carbocycles. The van der Waals surface area contributed by atoms with E-state index in [2.05, 4.69) is 56.8 Å². The van der Waals surface area contributed by atoms with Crippen LogP contribution in [0.2, 0.25) is 0 Å². The molecule has 0 aromatic heterocycles. The van der Waals surface area contributed by atoms with Crippen LogP contribution in [-0.2, 0) is 20.9 Å². The first kappa shape index (κ1) is 48.8. The third-order valence-corrected chi connectivity index (χ3v) is 14.1. The number of hydrogen-bond acceptors (Lipinski definition) is 10. The molecule has 2 N–H and O–H groups in total. The van der Waals surface area contributed by atoms with Crippen molar-refractivity contribution in [1.82, 2.24) is 4.90 Å². The summed E-state index contributed by atoms with van der Waals surface area (Å²) < 4.78 is 21.4. The summed E-state index contributed by atoms with van der Waals surface area (Å²) in [7, 11) is 0. The standard InChI is InChI=1S/C57H63N3O9/c1-5-32-66-57-53(59(37-43-17-13-16-41-14-7-8-18-47(41)43)54(63)29-23-40-21-24-44(25-22-40)60(64)65)36-51(58-67-6-2)49-34-42(15-9-11-30-61)48(19-10-12-31-62)55(56(49)57)50-35-46(27-28-52(50)69-57)68-45-26-20-38(3)39(4)33-45/h5,7-8,13-14,16-18,20-29,33-35,42,48,53,55-56,61-62H,1,6,9-12,15,19,30-32,36-37H2,2-4H3/t42-,48+,53-,55+,56+,57+/m0/s1. The number of hydrogen-bond donors (Lipinski definition) is 2. The number of carbonyl (C=O) groups excluding carboxylic acids is 1. The lowest BCUT2D eigenvalue weighted by molar-refractivity contribution is -0.384. The first-order chi connectivity index (χ1) is 33.6. The number of rotatable bonds is 21. The molecule has 1 aliphatic heterocycles. The second-order valence-corrected chi connectivity index (χ2v) is 18.3. The van der Waals surface area contributed by atoms with E-state index < -0.39 is 22.7 Å². The van der Waals surface area contributed by atoms with Crippen LogP contribution in [0, 0.1) is 41.7 Å². The molecule has 12 heteroatoms. The Bertz CT molecular complexity index is 2720.